The zero-order valence-corrected chi connectivity index (χ0v) is 17.3. The van der Waals surface area contributed by atoms with Gasteiger partial charge in [0.1, 0.15) is 0 Å². The quantitative estimate of drug-likeness (QED) is 0.619. The van der Waals surface area contributed by atoms with Crippen LogP contribution in [0.5, 0.6) is 0 Å². The third-order valence-corrected chi connectivity index (χ3v) is 5.34. The molecule has 1 heterocycles. The van der Waals surface area contributed by atoms with Gasteiger partial charge < -0.3 is 10.6 Å². The highest BCUT2D eigenvalue weighted by Crippen LogP contribution is 2.42. The van der Waals surface area contributed by atoms with E-state index in [1.54, 1.807) is 12.1 Å². The maximum Gasteiger partial charge on any atom is 0.163 e. The molecule has 1 aliphatic heterocycles. The van der Waals surface area contributed by atoms with Crippen LogP contribution in [-0.4, -0.2) is 5.78 Å². The van der Waals surface area contributed by atoms with Gasteiger partial charge >= 0.3 is 0 Å². The van der Waals surface area contributed by atoms with Crippen molar-refractivity contribution >= 4 is 29.0 Å². The van der Waals surface area contributed by atoms with Gasteiger partial charge in [-0.1, -0.05) is 55.3 Å². The van der Waals surface area contributed by atoms with Crippen LogP contribution in [0.25, 0.3) is 0 Å². The van der Waals surface area contributed by atoms with Crippen molar-refractivity contribution in [3.05, 3.63) is 81.3 Å². The molecule has 0 saturated carbocycles. The van der Waals surface area contributed by atoms with E-state index < -0.39 is 0 Å². The first kappa shape index (κ1) is 19.8. The fraction of sp³-hybridized carbons (Fsp3) is 0.318. The average Bonchev–Trinajstić information content (AvgIpc) is 2.58. The second-order valence-corrected chi connectivity index (χ2v) is 8.66. The van der Waals surface area contributed by atoms with E-state index in [9.17, 15) is 4.79 Å². The number of nitrogens with one attached hydrogen (secondary N) is 2. The minimum atomic E-state index is -0.350. The number of carbonyl (C=O) groups excluding carboxylic acids is 1. The van der Waals surface area contributed by atoms with Crippen molar-refractivity contribution in [1.82, 2.24) is 10.6 Å². The summed E-state index contributed by atoms with van der Waals surface area (Å²) in [6.07, 6.45) is 11.0. The number of hydrogen-bond donors (Lipinski definition) is 2. The molecule has 0 aromatic heterocycles. The number of allylic oxidation sites excluding steroid dienone is 6. The molecule has 0 radical (unpaired) electrons. The molecule has 3 rings (SSSR count). The molecule has 0 amide bonds. The number of rotatable bonds is 1. The Balaban J connectivity index is 2.20. The topological polar surface area (TPSA) is 41.1 Å². The molecule has 27 heavy (non-hydrogen) atoms. The lowest BCUT2D eigenvalue weighted by atomic mass is 9.73. The van der Waals surface area contributed by atoms with E-state index in [1.807, 2.05) is 43.5 Å². The highest BCUT2D eigenvalue weighted by molar-refractivity contribution is 6.35. The normalized spacial score (nSPS) is 26.6. The fourth-order valence-corrected chi connectivity index (χ4v) is 4.10. The molecule has 1 atom stereocenters. The molecule has 3 nitrogen and oxygen atoms in total. The first-order valence-corrected chi connectivity index (χ1v) is 9.77. The molecule has 1 aliphatic carbocycles. The van der Waals surface area contributed by atoms with Gasteiger partial charge in [0.15, 0.2) is 5.78 Å². The fourth-order valence-electron chi connectivity index (χ4n) is 3.58. The Labute approximate surface area is 170 Å². The molecule has 1 aromatic carbocycles. The van der Waals surface area contributed by atoms with Gasteiger partial charge in [0.25, 0.3) is 0 Å². The van der Waals surface area contributed by atoms with Gasteiger partial charge in [-0.25, -0.2) is 0 Å². The lowest BCUT2D eigenvalue weighted by molar-refractivity contribution is -0.118. The van der Waals surface area contributed by atoms with Crippen LogP contribution < -0.4 is 10.6 Å². The van der Waals surface area contributed by atoms with Gasteiger partial charge in [-0.05, 0) is 48.6 Å². The van der Waals surface area contributed by atoms with Crippen LogP contribution in [-0.2, 0) is 4.79 Å². The average molecular weight is 403 g/mol. The van der Waals surface area contributed by atoms with E-state index in [1.165, 1.54) is 0 Å². The Morgan fingerprint density at radius 3 is 2.63 bits per heavy atom. The van der Waals surface area contributed by atoms with Crippen LogP contribution in [0.3, 0.4) is 0 Å². The Bertz CT molecular complexity index is 878. The lowest BCUT2D eigenvalue weighted by Crippen LogP contribution is -2.36. The first-order chi connectivity index (χ1) is 12.8. The molecule has 1 aromatic rings. The largest absolute Gasteiger partial charge is 0.377 e. The third-order valence-electron chi connectivity index (χ3n) is 4.78. The predicted molar refractivity (Wildman–Crippen MR) is 113 cm³/mol. The van der Waals surface area contributed by atoms with Crippen molar-refractivity contribution in [2.24, 2.45) is 5.41 Å². The second-order valence-electron chi connectivity index (χ2n) is 7.81. The number of hydrogen-bond acceptors (Lipinski definition) is 3. The molecular weight excluding hydrogens is 379 g/mol. The summed E-state index contributed by atoms with van der Waals surface area (Å²) in [5.74, 6) is 0.130. The standard InChI is InChI=1S/C22H24Cl2N2O/c1-14-7-5-4-6-10-25-18-12-22(2,3)13-19(27)20(18)21(26-14)16-9-8-15(23)11-17(16)24/h4-11,21,25-26H,12-13H2,1-3H3/b5-4-,10-6+,14-7+. The first-order valence-electron chi connectivity index (χ1n) is 9.01. The Kier molecular flexibility index (Phi) is 5.83. The molecule has 2 N–H and O–H groups in total. The smallest absolute Gasteiger partial charge is 0.163 e. The lowest BCUT2D eigenvalue weighted by Gasteiger charge is -2.36. The number of Topliss-reactive ketones (excluding diaryl/α,β-unsaturated/α-hetero) is 1. The summed E-state index contributed by atoms with van der Waals surface area (Å²) in [4.78, 5) is 13.2. The van der Waals surface area contributed by atoms with Crippen LogP contribution in [0.1, 0.15) is 45.2 Å². The van der Waals surface area contributed by atoms with Crippen molar-refractivity contribution < 1.29 is 4.79 Å². The summed E-state index contributed by atoms with van der Waals surface area (Å²) < 4.78 is 0. The van der Waals surface area contributed by atoms with E-state index in [2.05, 4.69) is 24.5 Å². The summed E-state index contributed by atoms with van der Waals surface area (Å²) in [7, 11) is 0. The van der Waals surface area contributed by atoms with E-state index in [0.717, 1.165) is 29.0 Å². The van der Waals surface area contributed by atoms with Crippen molar-refractivity contribution in [2.75, 3.05) is 0 Å². The van der Waals surface area contributed by atoms with Crippen molar-refractivity contribution in [3.63, 3.8) is 0 Å². The van der Waals surface area contributed by atoms with Gasteiger partial charge in [0, 0.05) is 39.6 Å². The monoisotopic (exact) mass is 402 g/mol. The highest BCUT2D eigenvalue weighted by atomic mass is 35.5. The van der Waals surface area contributed by atoms with Gasteiger partial charge in [0.05, 0.1) is 6.04 Å². The predicted octanol–water partition coefficient (Wildman–Crippen LogP) is 5.84. The highest BCUT2D eigenvalue weighted by Gasteiger charge is 2.37. The minimum Gasteiger partial charge on any atom is -0.377 e. The molecule has 2 aliphatic rings. The zero-order valence-electron chi connectivity index (χ0n) is 15.8. The number of ketones is 1. The van der Waals surface area contributed by atoms with E-state index in [4.69, 9.17) is 23.2 Å². The van der Waals surface area contributed by atoms with Gasteiger partial charge in [-0.3, -0.25) is 4.79 Å². The summed E-state index contributed by atoms with van der Waals surface area (Å²) >= 11 is 12.6. The van der Waals surface area contributed by atoms with E-state index in [0.29, 0.717) is 16.5 Å². The third kappa shape index (κ3) is 4.66. The Hall–Kier alpha value is -1.97. The van der Waals surface area contributed by atoms with Crippen molar-refractivity contribution in [2.45, 2.75) is 39.7 Å². The van der Waals surface area contributed by atoms with E-state index in [-0.39, 0.29) is 17.2 Å². The molecule has 0 bridgehead atoms. The van der Waals surface area contributed by atoms with Crippen LogP contribution >= 0.6 is 23.2 Å². The van der Waals surface area contributed by atoms with Gasteiger partial charge in [-0.2, -0.15) is 0 Å². The molecule has 0 spiro atoms. The summed E-state index contributed by atoms with van der Waals surface area (Å²) in [5.41, 5.74) is 3.36. The Morgan fingerprint density at radius 2 is 1.89 bits per heavy atom. The molecule has 1 unspecified atom stereocenters. The maximum absolute atomic E-state index is 13.2. The van der Waals surface area contributed by atoms with Crippen LogP contribution in [0.15, 0.2) is 65.7 Å². The molecule has 5 heteroatoms. The maximum atomic E-state index is 13.2. The van der Waals surface area contributed by atoms with E-state index >= 15 is 0 Å². The summed E-state index contributed by atoms with van der Waals surface area (Å²) in [6, 6.07) is 5.06. The second kappa shape index (κ2) is 7.95. The SMILES string of the molecule is C\C1=C/C=C\C=C\NC2=C(C(=O)CC(C)(C)C2)C(c2ccc(Cl)cc2Cl)N1. The zero-order chi connectivity index (χ0) is 19.6. The van der Waals surface area contributed by atoms with Crippen molar-refractivity contribution in [3.8, 4) is 0 Å². The molecule has 0 fully saturated rings. The number of carbonyl (C=O) groups is 1. The van der Waals surface area contributed by atoms with Crippen molar-refractivity contribution in [1.29, 1.82) is 0 Å². The summed E-state index contributed by atoms with van der Waals surface area (Å²) in [6.45, 7) is 6.22. The Morgan fingerprint density at radius 1 is 1.11 bits per heavy atom. The summed E-state index contributed by atoms with van der Waals surface area (Å²) in [5, 5.41) is 7.94. The molecular formula is C22H24Cl2N2O. The molecule has 142 valence electrons. The number of benzene rings is 1. The number of halogens is 2. The van der Waals surface area contributed by atoms with Gasteiger partial charge in [-0.15, -0.1) is 0 Å². The van der Waals surface area contributed by atoms with Crippen LogP contribution in [0, 0.1) is 5.41 Å². The van der Waals surface area contributed by atoms with Crippen LogP contribution in [0.2, 0.25) is 10.0 Å². The molecule has 0 saturated heterocycles. The van der Waals surface area contributed by atoms with Gasteiger partial charge in [0.2, 0.25) is 0 Å². The minimum absolute atomic E-state index is 0.0913. The van der Waals surface area contributed by atoms with Crippen LogP contribution in [0.4, 0.5) is 0 Å².